The number of nitrogens with zero attached hydrogens (tertiary/aromatic N) is 4. The predicted molar refractivity (Wildman–Crippen MR) is 97.8 cm³/mol. The Morgan fingerprint density at radius 1 is 1.11 bits per heavy atom. The van der Waals surface area contributed by atoms with E-state index in [4.69, 9.17) is 0 Å². The van der Waals surface area contributed by atoms with Crippen molar-refractivity contribution in [2.75, 3.05) is 16.3 Å². The molecule has 0 bridgehead atoms. The standard InChI is InChI=1S/C20H14F2N4O/c21-19(22)13-5-7-15(8-6-13)25-12-16(9-23)26(20(25)27)18-11-24-10-14-3-1-2-4-17(14)18/h1-8,10-11,16,19H,12H2/t16-/m1/s1. The van der Waals surface area contributed by atoms with E-state index in [-0.39, 0.29) is 18.1 Å². The number of hydrogen-bond acceptors (Lipinski definition) is 3. The molecular formula is C20H14F2N4O. The van der Waals surface area contributed by atoms with Gasteiger partial charge in [0.2, 0.25) is 0 Å². The molecular weight excluding hydrogens is 350 g/mol. The maximum Gasteiger partial charge on any atom is 0.330 e. The Kier molecular flexibility index (Phi) is 4.16. The third-order valence-electron chi connectivity index (χ3n) is 4.62. The Balaban J connectivity index is 1.74. The van der Waals surface area contributed by atoms with Gasteiger partial charge < -0.3 is 0 Å². The fraction of sp³-hybridized carbons (Fsp3) is 0.150. The van der Waals surface area contributed by atoms with Crippen molar-refractivity contribution in [2.45, 2.75) is 12.5 Å². The topological polar surface area (TPSA) is 60.2 Å². The molecule has 0 N–H and O–H groups in total. The summed E-state index contributed by atoms with van der Waals surface area (Å²) in [6.07, 6.45) is 0.689. The maximum absolute atomic E-state index is 13.1. The predicted octanol–water partition coefficient (Wildman–Crippen LogP) is 4.51. The molecule has 1 fully saturated rings. The third-order valence-corrected chi connectivity index (χ3v) is 4.62. The molecule has 0 spiro atoms. The van der Waals surface area contributed by atoms with Gasteiger partial charge in [-0.1, -0.05) is 36.4 Å². The molecule has 1 saturated heterocycles. The summed E-state index contributed by atoms with van der Waals surface area (Å²) in [5.41, 5.74) is 0.911. The summed E-state index contributed by atoms with van der Waals surface area (Å²) >= 11 is 0. The fourth-order valence-corrected chi connectivity index (χ4v) is 3.27. The van der Waals surface area contributed by atoms with Crippen LogP contribution in [0, 0.1) is 11.3 Å². The molecule has 2 aromatic carbocycles. The van der Waals surface area contributed by atoms with Gasteiger partial charge in [-0.2, -0.15) is 5.26 Å². The summed E-state index contributed by atoms with van der Waals surface area (Å²) in [6.45, 7) is 0.145. The van der Waals surface area contributed by atoms with Crippen LogP contribution in [0.2, 0.25) is 0 Å². The van der Waals surface area contributed by atoms with Crippen molar-refractivity contribution in [1.29, 1.82) is 5.26 Å². The molecule has 5 nitrogen and oxygen atoms in total. The van der Waals surface area contributed by atoms with E-state index < -0.39 is 12.5 Å². The Labute approximate surface area is 154 Å². The van der Waals surface area contributed by atoms with Gasteiger partial charge in [0.15, 0.2) is 0 Å². The zero-order valence-corrected chi connectivity index (χ0v) is 14.1. The molecule has 0 saturated carbocycles. The molecule has 2 heterocycles. The first-order valence-electron chi connectivity index (χ1n) is 8.31. The zero-order valence-electron chi connectivity index (χ0n) is 14.1. The first kappa shape index (κ1) is 16.9. The lowest BCUT2D eigenvalue weighted by atomic mass is 10.1. The summed E-state index contributed by atoms with van der Waals surface area (Å²) in [5, 5.41) is 11.3. The molecule has 1 atom stereocenters. The molecule has 2 amide bonds. The Morgan fingerprint density at radius 2 is 1.85 bits per heavy atom. The van der Waals surface area contributed by atoms with Crippen LogP contribution in [0.25, 0.3) is 10.8 Å². The normalized spacial score (nSPS) is 17.0. The van der Waals surface area contributed by atoms with E-state index in [2.05, 4.69) is 11.1 Å². The SMILES string of the molecule is N#C[C@@H]1CN(c2ccc(C(F)F)cc2)C(=O)N1c1cncc2ccccc12. The highest BCUT2D eigenvalue weighted by molar-refractivity contribution is 6.11. The fourth-order valence-electron chi connectivity index (χ4n) is 3.27. The second kappa shape index (κ2) is 6.65. The van der Waals surface area contributed by atoms with Crippen LogP contribution in [0.15, 0.2) is 60.9 Å². The Morgan fingerprint density at radius 3 is 2.56 bits per heavy atom. The van der Waals surface area contributed by atoms with E-state index in [0.29, 0.717) is 11.4 Å². The van der Waals surface area contributed by atoms with Gasteiger partial charge >= 0.3 is 6.03 Å². The molecule has 7 heteroatoms. The lowest BCUT2D eigenvalue weighted by molar-refractivity contribution is 0.151. The molecule has 1 aliphatic heterocycles. The number of fused-ring (bicyclic) bond motifs is 1. The van der Waals surface area contributed by atoms with Gasteiger partial charge in [-0.3, -0.25) is 14.8 Å². The highest BCUT2D eigenvalue weighted by atomic mass is 19.3. The van der Waals surface area contributed by atoms with Gasteiger partial charge in [0, 0.05) is 28.2 Å². The summed E-state index contributed by atoms with van der Waals surface area (Å²) in [6, 6.07) is 14.1. The molecule has 0 unspecified atom stereocenters. The van der Waals surface area contributed by atoms with E-state index in [1.807, 2.05) is 24.3 Å². The van der Waals surface area contributed by atoms with Crippen molar-refractivity contribution in [3.05, 3.63) is 66.5 Å². The van der Waals surface area contributed by atoms with Gasteiger partial charge in [0.05, 0.1) is 24.5 Å². The number of urea groups is 1. The monoisotopic (exact) mass is 364 g/mol. The number of aromatic nitrogens is 1. The van der Waals surface area contributed by atoms with E-state index in [1.54, 1.807) is 12.4 Å². The van der Waals surface area contributed by atoms with Gasteiger partial charge in [-0.25, -0.2) is 13.6 Å². The van der Waals surface area contributed by atoms with Crippen LogP contribution in [0.3, 0.4) is 0 Å². The minimum Gasteiger partial charge on any atom is -0.291 e. The van der Waals surface area contributed by atoms with Crippen molar-refractivity contribution in [2.24, 2.45) is 0 Å². The quantitative estimate of drug-likeness (QED) is 0.687. The van der Waals surface area contributed by atoms with Gasteiger partial charge in [-0.05, 0) is 12.1 Å². The average Bonchev–Trinajstić information content (AvgIpc) is 3.03. The van der Waals surface area contributed by atoms with Crippen molar-refractivity contribution in [1.82, 2.24) is 4.98 Å². The first-order valence-corrected chi connectivity index (χ1v) is 8.31. The van der Waals surface area contributed by atoms with Crippen molar-refractivity contribution >= 4 is 28.2 Å². The lowest BCUT2D eigenvalue weighted by Crippen LogP contribution is -2.34. The van der Waals surface area contributed by atoms with Gasteiger partial charge in [0.25, 0.3) is 6.43 Å². The third kappa shape index (κ3) is 2.85. The molecule has 4 rings (SSSR count). The smallest absolute Gasteiger partial charge is 0.291 e. The van der Waals surface area contributed by atoms with Crippen LogP contribution in [0.4, 0.5) is 25.0 Å². The number of rotatable bonds is 3. The van der Waals surface area contributed by atoms with Crippen LogP contribution in [0.5, 0.6) is 0 Å². The minimum absolute atomic E-state index is 0.114. The van der Waals surface area contributed by atoms with Crippen LogP contribution in [-0.4, -0.2) is 23.6 Å². The van der Waals surface area contributed by atoms with Crippen molar-refractivity contribution in [3.8, 4) is 6.07 Å². The number of halogens is 2. The molecule has 1 aromatic heterocycles. The van der Waals surface area contributed by atoms with E-state index in [1.165, 1.54) is 34.1 Å². The molecule has 134 valence electrons. The number of carbonyl (C=O) groups excluding carboxylic acids is 1. The maximum atomic E-state index is 13.1. The van der Waals surface area contributed by atoms with Crippen LogP contribution in [-0.2, 0) is 0 Å². The summed E-state index contributed by atoms with van der Waals surface area (Å²) < 4.78 is 25.5. The van der Waals surface area contributed by atoms with Crippen molar-refractivity contribution < 1.29 is 13.6 Å². The van der Waals surface area contributed by atoms with Crippen LogP contribution >= 0.6 is 0 Å². The summed E-state index contributed by atoms with van der Waals surface area (Å²) in [7, 11) is 0. The summed E-state index contributed by atoms with van der Waals surface area (Å²) in [5.74, 6) is 0. The minimum atomic E-state index is -2.57. The number of alkyl halides is 2. The molecule has 1 aliphatic rings. The van der Waals surface area contributed by atoms with E-state index in [0.717, 1.165) is 10.8 Å². The molecule has 0 aliphatic carbocycles. The molecule has 3 aromatic rings. The Hall–Kier alpha value is -3.53. The first-order chi connectivity index (χ1) is 13.1. The largest absolute Gasteiger partial charge is 0.330 e. The van der Waals surface area contributed by atoms with E-state index >= 15 is 0 Å². The zero-order chi connectivity index (χ0) is 19.0. The number of anilines is 2. The average molecular weight is 364 g/mol. The number of benzene rings is 2. The molecule has 27 heavy (non-hydrogen) atoms. The highest BCUT2D eigenvalue weighted by Gasteiger charge is 2.40. The molecule has 0 radical (unpaired) electrons. The number of amides is 2. The highest BCUT2D eigenvalue weighted by Crippen LogP contribution is 2.33. The number of nitriles is 1. The second-order valence-electron chi connectivity index (χ2n) is 6.18. The second-order valence-corrected chi connectivity index (χ2v) is 6.18. The summed E-state index contributed by atoms with van der Waals surface area (Å²) in [4.78, 5) is 20.1. The van der Waals surface area contributed by atoms with Gasteiger partial charge in [0.1, 0.15) is 6.04 Å². The number of hydrogen-bond donors (Lipinski definition) is 0. The number of carbonyl (C=O) groups is 1. The lowest BCUT2D eigenvalue weighted by Gasteiger charge is -2.21. The number of pyridine rings is 1. The van der Waals surface area contributed by atoms with Gasteiger partial charge in [-0.15, -0.1) is 0 Å². The van der Waals surface area contributed by atoms with Crippen LogP contribution in [0.1, 0.15) is 12.0 Å². The Bertz CT molecular complexity index is 1040. The van der Waals surface area contributed by atoms with Crippen molar-refractivity contribution in [3.63, 3.8) is 0 Å². The van der Waals surface area contributed by atoms with E-state index in [9.17, 15) is 18.8 Å². The van der Waals surface area contributed by atoms with Crippen LogP contribution < -0.4 is 9.80 Å².